The second kappa shape index (κ2) is 5.30. The molecule has 1 aromatic heterocycles. The zero-order valence-electron chi connectivity index (χ0n) is 8.67. The van der Waals surface area contributed by atoms with Crippen LogP contribution in [0.4, 0.5) is 0 Å². The van der Waals surface area contributed by atoms with Crippen molar-refractivity contribution in [3.63, 3.8) is 0 Å². The van der Waals surface area contributed by atoms with Crippen molar-refractivity contribution in [3.05, 3.63) is 22.4 Å². The Bertz CT molecular complexity index is 283. The van der Waals surface area contributed by atoms with Gasteiger partial charge in [-0.05, 0) is 24.3 Å². The van der Waals surface area contributed by atoms with Gasteiger partial charge in [-0.3, -0.25) is 0 Å². The molecule has 0 aromatic carbocycles. The molecule has 1 fully saturated rings. The Morgan fingerprint density at radius 1 is 1.47 bits per heavy atom. The van der Waals surface area contributed by atoms with Crippen molar-refractivity contribution < 1.29 is 4.74 Å². The van der Waals surface area contributed by atoms with Crippen LogP contribution in [0.1, 0.15) is 17.7 Å². The summed E-state index contributed by atoms with van der Waals surface area (Å²) in [6.45, 7) is 2.57. The number of nitrogens with one attached hydrogen (secondary N) is 1. The van der Waals surface area contributed by atoms with Crippen molar-refractivity contribution >= 4 is 22.9 Å². The van der Waals surface area contributed by atoms with Gasteiger partial charge in [0.05, 0.1) is 0 Å². The average molecular weight is 246 g/mol. The van der Waals surface area contributed by atoms with Gasteiger partial charge in [0.15, 0.2) is 0 Å². The quantitative estimate of drug-likeness (QED) is 0.824. The summed E-state index contributed by atoms with van der Waals surface area (Å²) in [5, 5.41) is 5.69. The monoisotopic (exact) mass is 245 g/mol. The first-order valence-electron chi connectivity index (χ1n) is 5.26. The highest BCUT2D eigenvalue weighted by Crippen LogP contribution is 2.23. The molecule has 0 radical (unpaired) electrons. The van der Waals surface area contributed by atoms with Crippen LogP contribution < -0.4 is 5.32 Å². The second-order valence-corrected chi connectivity index (χ2v) is 5.26. The molecule has 0 bridgehead atoms. The molecule has 4 heteroatoms. The summed E-state index contributed by atoms with van der Waals surface area (Å²) in [4.78, 5) is 1.37. The van der Waals surface area contributed by atoms with E-state index in [2.05, 4.69) is 22.8 Å². The molecule has 0 atom stereocenters. The SMILES string of the molecule is ClCC1(NCc2cccs2)CCOCC1. The molecular weight excluding hydrogens is 230 g/mol. The Hall–Kier alpha value is -0.0900. The third kappa shape index (κ3) is 2.94. The van der Waals surface area contributed by atoms with E-state index in [0.29, 0.717) is 5.88 Å². The minimum Gasteiger partial charge on any atom is -0.381 e. The molecule has 1 aliphatic rings. The lowest BCUT2D eigenvalue weighted by molar-refractivity contribution is 0.0460. The summed E-state index contributed by atoms with van der Waals surface area (Å²) in [5.74, 6) is 0.668. The molecule has 0 unspecified atom stereocenters. The van der Waals surface area contributed by atoms with Gasteiger partial charge in [0.2, 0.25) is 0 Å². The van der Waals surface area contributed by atoms with Gasteiger partial charge in [0.25, 0.3) is 0 Å². The third-order valence-electron chi connectivity index (χ3n) is 2.92. The van der Waals surface area contributed by atoms with E-state index in [1.807, 2.05) is 0 Å². The number of rotatable bonds is 4. The molecule has 15 heavy (non-hydrogen) atoms. The molecule has 0 spiro atoms. The minimum absolute atomic E-state index is 0.0871. The van der Waals surface area contributed by atoms with Crippen LogP contribution in [-0.2, 0) is 11.3 Å². The molecule has 0 saturated carbocycles. The number of hydrogen-bond acceptors (Lipinski definition) is 3. The summed E-state index contributed by atoms with van der Waals surface area (Å²) >= 11 is 7.85. The maximum Gasteiger partial charge on any atom is 0.0484 e. The summed E-state index contributed by atoms with van der Waals surface area (Å²) in [6.07, 6.45) is 2.03. The number of hydrogen-bond donors (Lipinski definition) is 1. The van der Waals surface area contributed by atoms with Crippen molar-refractivity contribution in [1.82, 2.24) is 5.32 Å². The molecule has 0 aliphatic carbocycles. The van der Waals surface area contributed by atoms with Gasteiger partial charge in [0.1, 0.15) is 0 Å². The Labute approximate surface area is 99.6 Å². The lowest BCUT2D eigenvalue weighted by Crippen LogP contribution is -2.50. The summed E-state index contributed by atoms with van der Waals surface area (Å²) < 4.78 is 5.37. The molecule has 2 heterocycles. The maximum absolute atomic E-state index is 6.06. The van der Waals surface area contributed by atoms with E-state index in [-0.39, 0.29) is 5.54 Å². The van der Waals surface area contributed by atoms with E-state index >= 15 is 0 Å². The van der Waals surface area contributed by atoms with Crippen LogP contribution in [0, 0.1) is 0 Å². The van der Waals surface area contributed by atoms with Crippen molar-refractivity contribution in [2.24, 2.45) is 0 Å². The summed E-state index contributed by atoms with van der Waals surface area (Å²) in [5.41, 5.74) is 0.0871. The summed E-state index contributed by atoms with van der Waals surface area (Å²) in [7, 11) is 0. The molecule has 1 N–H and O–H groups in total. The van der Waals surface area contributed by atoms with Gasteiger partial charge in [-0.25, -0.2) is 0 Å². The van der Waals surface area contributed by atoms with Crippen LogP contribution in [-0.4, -0.2) is 24.6 Å². The lowest BCUT2D eigenvalue weighted by Gasteiger charge is -2.36. The van der Waals surface area contributed by atoms with Gasteiger partial charge in [0, 0.05) is 36.1 Å². The highest BCUT2D eigenvalue weighted by molar-refractivity contribution is 7.09. The molecule has 2 rings (SSSR count). The number of ether oxygens (including phenoxy) is 1. The lowest BCUT2D eigenvalue weighted by atomic mass is 9.92. The van der Waals surface area contributed by atoms with Crippen LogP contribution in [0.15, 0.2) is 17.5 Å². The highest BCUT2D eigenvalue weighted by Gasteiger charge is 2.30. The van der Waals surface area contributed by atoms with Crippen molar-refractivity contribution in [3.8, 4) is 0 Å². The van der Waals surface area contributed by atoms with Gasteiger partial charge in [-0.1, -0.05) is 6.07 Å². The van der Waals surface area contributed by atoms with Crippen molar-refractivity contribution in [1.29, 1.82) is 0 Å². The first kappa shape index (κ1) is 11.4. The predicted octanol–water partition coefficient (Wildman–Crippen LogP) is 2.63. The Kier molecular flexibility index (Phi) is 4.03. The minimum atomic E-state index is 0.0871. The van der Waals surface area contributed by atoms with E-state index in [9.17, 15) is 0 Å². The first-order valence-corrected chi connectivity index (χ1v) is 6.67. The van der Waals surface area contributed by atoms with E-state index in [4.69, 9.17) is 16.3 Å². The topological polar surface area (TPSA) is 21.3 Å². The van der Waals surface area contributed by atoms with Crippen LogP contribution in [0.25, 0.3) is 0 Å². The normalized spacial score (nSPS) is 20.3. The van der Waals surface area contributed by atoms with E-state index in [1.165, 1.54) is 4.88 Å². The number of alkyl halides is 1. The third-order valence-corrected chi connectivity index (χ3v) is 4.31. The zero-order valence-corrected chi connectivity index (χ0v) is 10.2. The van der Waals surface area contributed by atoms with Crippen LogP contribution in [0.2, 0.25) is 0 Å². The molecule has 1 aromatic rings. The van der Waals surface area contributed by atoms with Crippen LogP contribution in [0.5, 0.6) is 0 Å². The molecular formula is C11H16ClNOS. The maximum atomic E-state index is 6.06. The number of thiophene rings is 1. The molecule has 0 amide bonds. The van der Waals surface area contributed by atoms with Crippen molar-refractivity contribution in [2.45, 2.75) is 24.9 Å². The fraction of sp³-hybridized carbons (Fsp3) is 0.636. The Balaban J connectivity index is 1.89. The smallest absolute Gasteiger partial charge is 0.0484 e. The van der Waals surface area contributed by atoms with E-state index in [1.54, 1.807) is 11.3 Å². The van der Waals surface area contributed by atoms with Gasteiger partial charge in [-0.15, -0.1) is 22.9 Å². The highest BCUT2D eigenvalue weighted by atomic mass is 35.5. The molecule has 1 saturated heterocycles. The zero-order chi connectivity index (χ0) is 10.6. The van der Waals surface area contributed by atoms with Crippen LogP contribution >= 0.6 is 22.9 Å². The average Bonchev–Trinajstić information content (AvgIpc) is 2.81. The van der Waals surface area contributed by atoms with Gasteiger partial charge >= 0.3 is 0 Å². The predicted molar refractivity (Wildman–Crippen MR) is 64.7 cm³/mol. The Morgan fingerprint density at radius 3 is 2.87 bits per heavy atom. The van der Waals surface area contributed by atoms with E-state index in [0.717, 1.165) is 32.6 Å². The largest absolute Gasteiger partial charge is 0.381 e. The summed E-state index contributed by atoms with van der Waals surface area (Å²) in [6, 6.07) is 4.23. The molecule has 1 aliphatic heterocycles. The second-order valence-electron chi connectivity index (χ2n) is 3.96. The van der Waals surface area contributed by atoms with E-state index < -0.39 is 0 Å². The fourth-order valence-electron chi connectivity index (χ4n) is 1.81. The van der Waals surface area contributed by atoms with Gasteiger partial charge in [-0.2, -0.15) is 0 Å². The Morgan fingerprint density at radius 2 is 2.27 bits per heavy atom. The molecule has 2 nitrogen and oxygen atoms in total. The fourth-order valence-corrected chi connectivity index (χ4v) is 2.81. The number of halogens is 1. The molecule has 84 valence electrons. The van der Waals surface area contributed by atoms with Crippen molar-refractivity contribution in [2.75, 3.05) is 19.1 Å². The first-order chi connectivity index (χ1) is 7.35. The van der Waals surface area contributed by atoms with Gasteiger partial charge < -0.3 is 10.1 Å². The standard InChI is InChI=1S/C11H16ClNOS/c12-9-11(3-5-14-6-4-11)13-8-10-2-1-7-15-10/h1-2,7,13H,3-6,8-9H2. The van der Waals surface area contributed by atoms with Crippen LogP contribution in [0.3, 0.4) is 0 Å².